The van der Waals surface area contributed by atoms with Gasteiger partial charge in [0.1, 0.15) is 37.8 Å². The van der Waals surface area contributed by atoms with Crippen LogP contribution in [0.4, 0.5) is 0 Å². The van der Waals surface area contributed by atoms with Crippen molar-refractivity contribution >= 4 is 33.7 Å². The monoisotopic (exact) mass is 400 g/mol. The van der Waals surface area contributed by atoms with Gasteiger partial charge in [-0.25, -0.2) is 9.97 Å². The Labute approximate surface area is 173 Å². The van der Waals surface area contributed by atoms with Crippen molar-refractivity contribution in [2.75, 3.05) is 26.2 Å². The molecule has 0 saturated carbocycles. The zero-order valence-electron chi connectivity index (χ0n) is 16.6. The number of benzene rings is 2. The number of imidazole rings is 2. The van der Waals surface area contributed by atoms with Gasteiger partial charge in [0, 0.05) is 12.8 Å². The zero-order valence-corrected chi connectivity index (χ0v) is 16.6. The smallest absolute Gasteiger partial charge is 0.275 e. The molecule has 2 aromatic carbocycles. The number of H-pyrrole nitrogens is 2. The number of nitrogens with one attached hydrogen (secondary N) is 6. The van der Waals surface area contributed by atoms with Crippen molar-refractivity contribution in [3.8, 4) is 0 Å². The second-order valence-electron chi connectivity index (χ2n) is 7.79. The van der Waals surface area contributed by atoms with E-state index in [1.165, 1.54) is 0 Å². The van der Waals surface area contributed by atoms with E-state index in [1.807, 2.05) is 0 Å². The highest BCUT2D eigenvalue weighted by Gasteiger charge is 2.17. The summed E-state index contributed by atoms with van der Waals surface area (Å²) < 4.78 is 0. The second-order valence-corrected chi connectivity index (χ2v) is 7.79. The SMILES string of the molecule is c1cc2nc(CCc3nc4ccc(C5=[NH+]CCN5)cc4[nH]3)[nH]c2cc1C1=[NH+]CCN1. The minimum atomic E-state index is 0.810. The van der Waals surface area contributed by atoms with Crippen LogP contribution in [0.2, 0.25) is 0 Å². The molecule has 2 aliphatic heterocycles. The van der Waals surface area contributed by atoms with E-state index < -0.39 is 0 Å². The molecule has 8 heteroatoms. The molecule has 0 atom stereocenters. The van der Waals surface area contributed by atoms with E-state index >= 15 is 0 Å². The van der Waals surface area contributed by atoms with E-state index in [0.29, 0.717) is 0 Å². The highest BCUT2D eigenvalue weighted by Crippen LogP contribution is 2.17. The average Bonchev–Trinajstić information content (AvgIpc) is 3.56. The molecule has 4 aromatic rings. The number of aryl methyl sites for hydroxylation is 2. The Morgan fingerprint density at radius 3 is 1.63 bits per heavy atom. The fourth-order valence-corrected chi connectivity index (χ4v) is 4.19. The van der Waals surface area contributed by atoms with Crippen LogP contribution in [-0.2, 0) is 12.8 Å². The zero-order chi connectivity index (χ0) is 19.9. The van der Waals surface area contributed by atoms with E-state index in [-0.39, 0.29) is 0 Å². The predicted octanol–water partition coefficient (Wildman–Crippen LogP) is -1.91. The molecule has 150 valence electrons. The highest BCUT2D eigenvalue weighted by atomic mass is 15.1. The summed E-state index contributed by atoms with van der Waals surface area (Å²) in [6.07, 6.45) is 1.62. The molecule has 0 spiro atoms. The molecule has 30 heavy (non-hydrogen) atoms. The van der Waals surface area contributed by atoms with Crippen molar-refractivity contribution in [2.24, 2.45) is 0 Å². The third-order valence-corrected chi connectivity index (χ3v) is 5.69. The Hall–Kier alpha value is -3.68. The van der Waals surface area contributed by atoms with Crippen molar-refractivity contribution in [1.29, 1.82) is 0 Å². The summed E-state index contributed by atoms with van der Waals surface area (Å²) in [6, 6.07) is 12.7. The molecule has 0 radical (unpaired) electrons. The van der Waals surface area contributed by atoms with Gasteiger partial charge in [-0.05, 0) is 36.4 Å². The largest absolute Gasteiger partial charge is 0.342 e. The van der Waals surface area contributed by atoms with Crippen LogP contribution >= 0.6 is 0 Å². The Bertz CT molecular complexity index is 1210. The fourth-order valence-electron chi connectivity index (χ4n) is 4.19. The first-order chi connectivity index (χ1) is 14.8. The minimum absolute atomic E-state index is 0.810. The summed E-state index contributed by atoms with van der Waals surface area (Å²) in [6.45, 7) is 3.86. The van der Waals surface area contributed by atoms with Crippen LogP contribution in [0.25, 0.3) is 22.1 Å². The standard InChI is InChI=1S/C22H22N8/c1-3-15-17(11-13(1)21-23-7-8-24-21)29-19(27-15)5-6-20-28-16-4-2-14(12-18(16)30-20)22-25-9-10-26-22/h1-4,11-12H,5-10H2,(H,23,24)(H,25,26)(H,27,29)(H,28,30)/p+2. The molecule has 6 rings (SSSR count). The second kappa shape index (κ2) is 6.98. The lowest BCUT2D eigenvalue weighted by Gasteiger charge is -1.96. The molecule has 6 N–H and O–H groups in total. The van der Waals surface area contributed by atoms with Crippen LogP contribution in [0.1, 0.15) is 22.8 Å². The summed E-state index contributed by atoms with van der Waals surface area (Å²) in [4.78, 5) is 23.2. The van der Waals surface area contributed by atoms with Crippen LogP contribution in [0.5, 0.6) is 0 Å². The number of fused-ring (bicyclic) bond motifs is 2. The molecular weight excluding hydrogens is 376 g/mol. The third kappa shape index (κ3) is 3.10. The Balaban J connectivity index is 1.20. The van der Waals surface area contributed by atoms with E-state index in [2.05, 4.69) is 67.0 Å². The maximum Gasteiger partial charge on any atom is 0.275 e. The lowest BCUT2D eigenvalue weighted by atomic mass is 10.2. The summed E-state index contributed by atoms with van der Waals surface area (Å²) in [7, 11) is 0. The molecule has 0 aliphatic carbocycles. The van der Waals surface area contributed by atoms with Crippen LogP contribution in [0, 0.1) is 0 Å². The van der Waals surface area contributed by atoms with Crippen molar-refractivity contribution in [2.45, 2.75) is 12.8 Å². The summed E-state index contributed by atoms with van der Waals surface area (Å²) in [5.41, 5.74) is 6.44. The van der Waals surface area contributed by atoms with Crippen LogP contribution in [0.3, 0.4) is 0 Å². The summed E-state index contributed by atoms with van der Waals surface area (Å²) in [5.74, 6) is 4.15. The number of hydrogen-bond acceptors (Lipinski definition) is 4. The summed E-state index contributed by atoms with van der Waals surface area (Å²) >= 11 is 0. The lowest BCUT2D eigenvalue weighted by Crippen LogP contribution is -2.70. The van der Waals surface area contributed by atoms with Crippen LogP contribution < -0.4 is 20.6 Å². The quantitative estimate of drug-likeness (QED) is 0.235. The van der Waals surface area contributed by atoms with Gasteiger partial charge in [-0.1, -0.05) is 0 Å². The number of rotatable bonds is 5. The van der Waals surface area contributed by atoms with Crippen LogP contribution in [0.15, 0.2) is 36.4 Å². The van der Waals surface area contributed by atoms with E-state index in [1.54, 1.807) is 0 Å². The molecular formula is C22H24N8+2. The summed E-state index contributed by atoms with van der Waals surface area (Å²) in [5, 5.41) is 6.75. The molecule has 0 bridgehead atoms. The lowest BCUT2D eigenvalue weighted by molar-refractivity contribution is -0.444. The van der Waals surface area contributed by atoms with Crippen molar-refractivity contribution in [3.05, 3.63) is 59.2 Å². The molecule has 0 amide bonds. The van der Waals surface area contributed by atoms with Gasteiger partial charge in [-0.3, -0.25) is 20.6 Å². The third-order valence-electron chi connectivity index (χ3n) is 5.69. The van der Waals surface area contributed by atoms with Gasteiger partial charge >= 0.3 is 0 Å². The van der Waals surface area contributed by atoms with Gasteiger partial charge in [-0.2, -0.15) is 0 Å². The molecule has 8 nitrogen and oxygen atoms in total. The number of hydrogen-bond donors (Lipinski definition) is 6. The molecule has 0 unspecified atom stereocenters. The Kier molecular flexibility index (Phi) is 4.00. The topological polar surface area (TPSA) is 109 Å². The Morgan fingerprint density at radius 1 is 0.700 bits per heavy atom. The van der Waals surface area contributed by atoms with Gasteiger partial charge in [-0.15, -0.1) is 0 Å². The van der Waals surface area contributed by atoms with E-state index in [4.69, 9.17) is 9.97 Å². The molecule has 0 fully saturated rings. The van der Waals surface area contributed by atoms with Crippen LogP contribution in [-0.4, -0.2) is 57.8 Å². The molecule has 2 aliphatic rings. The number of nitrogens with zero attached hydrogens (tertiary/aromatic N) is 2. The normalized spacial score (nSPS) is 16.0. The van der Waals surface area contributed by atoms with Crippen molar-refractivity contribution in [1.82, 2.24) is 30.6 Å². The first-order valence-corrected chi connectivity index (χ1v) is 10.5. The minimum Gasteiger partial charge on any atom is -0.342 e. The molecule has 2 aromatic heterocycles. The predicted molar refractivity (Wildman–Crippen MR) is 115 cm³/mol. The van der Waals surface area contributed by atoms with Crippen molar-refractivity contribution in [3.63, 3.8) is 0 Å². The van der Waals surface area contributed by atoms with Crippen molar-refractivity contribution < 1.29 is 9.98 Å². The van der Waals surface area contributed by atoms with Gasteiger partial charge < -0.3 is 9.97 Å². The van der Waals surface area contributed by atoms with Gasteiger partial charge in [0.05, 0.1) is 33.2 Å². The molecule has 0 saturated heterocycles. The van der Waals surface area contributed by atoms with Gasteiger partial charge in [0.2, 0.25) is 0 Å². The number of aromatic amines is 2. The molecule has 4 heterocycles. The van der Waals surface area contributed by atoms with Gasteiger partial charge in [0.25, 0.3) is 11.7 Å². The van der Waals surface area contributed by atoms with E-state index in [9.17, 15) is 0 Å². The number of aromatic nitrogens is 4. The average molecular weight is 400 g/mol. The highest BCUT2D eigenvalue weighted by molar-refractivity contribution is 5.98. The Morgan fingerprint density at radius 2 is 1.20 bits per heavy atom. The van der Waals surface area contributed by atoms with E-state index in [0.717, 1.165) is 95.5 Å². The fraction of sp³-hybridized carbons (Fsp3) is 0.273. The van der Waals surface area contributed by atoms with Gasteiger partial charge in [0.15, 0.2) is 0 Å². The maximum atomic E-state index is 4.75. The first kappa shape index (κ1) is 17.2. The number of amidine groups is 2. The maximum absolute atomic E-state index is 4.75. The first-order valence-electron chi connectivity index (χ1n) is 10.5.